The van der Waals surface area contributed by atoms with Crippen molar-refractivity contribution in [2.75, 3.05) is 7.11 Å². The predicted octanol–water partition coefficient (Wildman–Crippen LogP) is 4.50. The normalized spacial score (nSPS) is 10.3. The highest BCUT2D eigenvalue weighted by Crippen LogP contribution is 2.33. The van der Waals surface area contributed by atoms with Crippen LogP contribution in [0, 0.1) is 6.92 Å². The van der Waals surface area contributed by atoms with Gasteiger partial charge in [0.2, 0.25) is 0 Å². The van der Waals surface area contributed by atoms with Gasteiger partial charge in [0.15, 0.2) is 0 Å². The van der Waals surface area contributed by atoms with E-state index in [9.17, 15) is 4.79 Å². The van der Waals surface area contributed by atoms with E-state index in [0.717, 1.165) is 16.5 Å². The summed E-state index contributed by atoms with van der Waals surface area (Å²) in [5, 5.41) is 4.40. The second-order valence-corrected chi connectivity index (χ2v) is 4.86. The molecule has 0 unspecified atom stereocenters. The van der Waals surface area contributed by atoms with Gasteiger partial charge < -0.3 is 9.72 Å². The number of hydrogen-bond donors (Lipinski definition) is 1. The number of esters is 1. The van der Waals surface area contributed by atoms with Crippen molar-refractivity contribution in [2.24, 2.45) is 0 Å². The van der Waals surface area contributed by atoms with Crippen LogP contribution in [0.5, 0.6) is 0 Å². The van der Waals surface area contributed by atoms with E-state index in [1.165, 1.54) is 17.2 Å². The van der Waals surface area contributed by atoms with Gasteiger partial charge in [-0.05, 0) is 35.4 Å². The maximum Gasteiger partial charge on any atom is 0.354 e. The molecular weight excluding hydrogens is 258 g/mol. The highest BCUT2D eigenvalue weighted by molar-refractivity contribution is 7.18. The van der Waals surface area contributed by atoms with Crippen LogP contribution in [0.15, 0.2) is 23.6 Å². The average molecular weight is 275 g/mol. The molecule has 0 spiro atoms. The van der Waals surface area contributed by atoms with Crippen molar-refractivity contribution < 1.29 is 9.53 Å². The van der Waals surface area contributed by atoms with E-state index in [1.807, 2.05) is 26.8 Å². The van der Waals surface area contributed by atoms with Gasteiger partial charge in [0.05, 0.1) is 7.11 Å². The average Bonchev–Trinajstić information content (AvgIpc) is 3.04. The van der Waals surface area contributed by atoms with Gasteiger partial charge in [0.25, 0.3) is 0 Å². The van der Waals surface area contributed by atoms with Gasteiger partial charge >= 0.3 is 5.97 Å². The molecule has 0 amide bonds. The molecule has 0 saturated heterocycles. The Kier molecular flexibility index (Phi) is 3.90. The van der Waals surface area contributed by atoms with E-state index in [1.54, 1.807) is 11.3 Å². The van der Waals surface area contributed by atoms with Crippen molar-refractivity contribution in [3.63, 3.8) is 0 Å². The number of aromatic nitrogens is 1. The van der Waals surface area contributed by atoms with Gasteiger partial charge in [-0.1, -0.05) is 19.9 Å². The number of fused-ring (bicyclic) bond motifs is 3. The number of rotatable bonds is 1. The number of ether oxygens (including phenoxy) is 1. The Bertz CT molecular complexity index is 724. The molecule has 2 aromatic heterocycles. The number of nitrogens with one attached hydrogen (secondary N) is 1. The number of H-pyrrole nitrogens is 1. The lowest BCUT2D eigenvalue weighted by atomic mass is 10.1. The number of methoxy groups -OCH3 is 1. The molecule has 0 atom stereocenters. The summed E-state index contributed by atoms with van der Waals surface area (Å²) in [4.78, 5) is 14.8. The van der Waals surface area contributed by atoms with Crippen LogP contribution in [0.25, 0.3) is 21.0 Å². The van der Waals surface area contributed by atoms with E-state index < -0.39 is 0 Å². The summed E-state index contributed by atoms with van der Waals surface area (Å²) in [5.74, 6) is -0.316. The van der Waals surface area contributed by atoms with E-state index in [-0.39, 0.29) is 5.97 Å². The summed E-state index contributed by atoms with van der Waals surface area (Å²) in [6, 6.07) is 6.15. The second kappa shape index (κ2) is 5.45. The first kappa shape index (κ1) is 13.6. The first-order valence-electron chi connectivity index (χ1n) is 6.29. The molecule has 0 aliphatic heterocycles. The van der Waals surface area contributed by atoms with E-state index in [2.05, 4.69) is 22.5 Å². The fourth-order valence-electron chi connectivity index (χ4n) is 2.17. The minimum Gasteiger partial charge on any atom is -0.464 e. The Morgan fingerprint density at radius 2 is 2.00 bits per heavy atom. The fraction of sp³-hybridized carbons (Fsp3) is 0.267. The van der Waals surface area contributed by atoms with Crippen molar-refractivity contribution in [3.05, 3.63) is 34.8 Å². The lowest BCUT2D eigenvalue weighted by Gasteiger charge is -1.96. The summed E-state index contributed by atoms with van der Waals surface area (Å²) in [5.41, 5.74) is 2.49. The van der Waals surface area contributed by atoms with Crippen molar-refractivity contribution in [2.45, 2.75) is 20.8 Å². The smallest absolute Gasteiger partial charge is 0.354 e. The zero-order valence-corrected chi connectivity index (χ0v) is 12.4. The summed E-state index contributed by atoms with van der Waals surface area (Å²) in [6.07, 6.45) is 0. The predicted molar refractivity (Wildman–Crippen MR) is 81.1 cm³/mol. The van der Waals surface area contributed by atoms with E-state index in [4.69, 9.17) is 4.74 Å². The Morgan fingerprint density at radius 3 is 2.68 bits per heavy atom. The maximum atomic E-state index is 11.6. The number of benzene rings is 1. The summed E-state index contributed by atoms with van der Waals surface area (Å²) in [6.45, 7) is 5.95. The monoisotopic (exact) mass is 275 g/mol. The fourth-order valence-corrected chi connectivity index (χ4v) is 3.17. The third kappa shape index (κ3) is 2.12. The molecule has 0 bridgehead atoms. The molecule has 1 N–H and O–H groups in total. The molecule has 100 valence electrons. The minimum atomic E-state index is -0.316. The van der Waals surface area contributed by atoms with E-state index in [0.29, 0.717) is 5.69 Å². The van der Waals surface area contributed by atoms with Crippen LogP contribution in [0.4, 0.5) is 0 Å². The summed E-state index contributed by atoms with van der Waals surface area (Å²) < 4.78 is 5.99. The molecule has 2 heterocycles. The Balaban J connectivity index is 0.000000637. The van der Waals surface area contributed by atoms with Gasteiger partial charge in [-0.3, -0.25) is 0 Å². The van der Waals surface area contributed by atoms with Crippen LogP contribution >= 0.6 is 11.3 Å². The van der Waals surface area contributed by atoms with Gasteiger partial charge in [-0.25, -0.2) is 4.79 Å². The van der Waals surface area contributed by atoms with Crippen LogP contribution in [-0.2, 0) is 4.74 Å². The van der Waals surface area contributed by atoms with Crippen LogP contribution < -0.4 is 0 Å². The third-order valence-corrected chi connectivity index (χ3v) is 3.97. The summed E-state index contributed by atoms with van der Waals surface area (Å²) in [7, 11) is 1.40. The number of hydrogen-bond acceptors (Lipinski definition) is 3. The van der Waals surface area contributed by atoms with Crippen LogP contribution in [0.3, 0.4) is 0 Å². The molecule has 19 heavy (non-hydrogen) atoms. The molecular formula is C15H17NO2S. The molecule has 3 rings (SSSR count). The highest BCUT2D eigenvalue weighted by Gasteiger charge is 2.16. The molecule has 4 heteroatoms. The molecule has 0 saturated carbocycles. The zero-order chi connectivity index (χ0) is 14.0. The van der Waals surface area contributed by atoms with E-state index >= 15 is 0 Å². The topological polar surface area (TPSA) is 42.1 Å². The van der Waals surface area contributed by atoms with Gasteiger partial charge in [-0.2, -0.15) is 0 Å². The lowest BCUT2D eigenvalue weighted by Crippen LogP contribution is -2.02. The quantitative estimate of drug-likeness (QED) is 0.664. The highest BCUT2D eigenvalue weighted by atomic mass is 32.1. The zero-order valence-electron chi connectivity index (χ0n) is 11.5. The molecule has 0 radical (unpaired) electrons. The minimum absolute atomic E-state index is 0.316. The number of aromatic amines is 1. The largest absolute Gasteiger partial charge is 0.464 e. The van der Waals surface area contributed by atoms with Crippen LogP contribution in [0.2, 0.25) is 0 Å². The summed E-state index contributed by atoms with van der Waals surface area (Å²) >= 11 is 1.69. The molecule has 0 aliphatic rings. The lowest BCUT2D eigenvalue weighted by molar-refractivity contribution is 0.0594. The Morgan fingerprint density at radius 1 is 1.26 bits per heavy atom. The number of carbonyl (C=O) groups is 1. The standard InChI is InChI=1S/C13H11NO2S.C2H6/c1-7-10-9(14-11(7)13(15)16-2)4-3-8-5-6-17-12(8)10;1-2/h3-6,14H,1-2H3;1-2H3. The van der Waals surface area contributed by atoms with Crippen molar-refractivity contribution in [1.82, 2.24) is 4.98 Å². The molecule has 3 nitrogen and oxygen atoms in total. The van der Waals surface area contributed by atoms with Crippen molar-refractivity contribution >= 4 is 38.3 Å². The maximum absolute atomic E-state index is 11.6. The van der Waals surface area contributed by atoms with Gasteiger partial charge in [-0.15, -0.1) is 11.3 Å². The molecule has 3 aromatic rings. The van der Waals surface area contributed by atoms with Crippen LogP contribution in [-0.4, -0.2) is 18.1 Å². The first-order valence-corrected chi connectivity index (χ1v) is 7.17. The number of carbonyl (C=O) groups excluding carboxylic acids is 1. The number of aryl methyl sites for hydroxylation is 1. The van der Waals surface area contributed by atoms with Crippen molar-refractivity contribution in [3.8, 4) is 0 Å². The Labute approximate surface area is 116 Å². The third-order valence-electron chi connectivity index (χ3n) is 3.02. The molecule has 0 fully saturated rings. The molecule has 1 aromatic carbocycles. The molecule has 0 aliphatic carbocycles. The van der Waals surface area contributed by atoms with Crippen molar-refractivity contribution in [1.29, 1.82) is 0 Å². The Hall–Kier alpha value is -1.81. The SMILES string of the molecule is CC.COC(=O)c1[nH]c2ccc3ccsc3c2c1C. The van der Waals surface area contributed by atoms with Crippen LogP contribution in [0.1, 0.15) is 29.9 Å². The second-order valence-electron chi connectivity index (χ2n) is 3.94. The van der Waals surface area contributed by atoms with Gasteiger partial charge in [0.1, 0.15) is 5.69 Å². The number of thiophene rings is 1. The first-order chi connectivity index (χ1) is 9.22. The van der Waals surface area contributed by atoms with Gasteiger partial charge in [0, 0.05) is 15.6 Å².